The summed E-state index contributed by atoms with van der Waals surface area (Å²) < 4.78 is 0. The summed E-state index contributed by atoms with van der Waals surface area (Å²) in [5.74, 6) is -0.151. The number of benzene rings is 1. The first-order valence-electron chi connectivity index (χ1n) is 4.74. The van der Waals surface area contributed by atoms with Crippen molar-refractivity contribution in [3.05, 3.63) is 56.9 Å². The molecule has 0 amide bonds. The number of nitrogens with zero attached hydrogens (tertiary/aromatic N) is 1. The number of aromatic hydroxyl groups is 1. The number of H-pyrrole nitrogens is 1. The van der Waals surface area contributed by atoms with Crippen molar-refractivity contribution in [1.82, 2.24) is 4.98 Å². The highest BCUT2D eigenvalue weighted by Crippen LogP contribution is 2.21. The number of nitro groups is 1. The number of pyridine rings is 1. The molecule has 6 heteroatoms. The van der Waals surface area contributed by atoms with Crippen LogP contribution in [0.3, 0.4) is 0 Å². The van der Waals surface area contributed by atoms with E-state index in [4.69, 9.17) is 0 Å². The van der Waals surface area contributed by atoms with Crippen LogP contribution in [0.15, 0.2) is 41.2 Å². The van der Waals surface area contributed by atoms with Gasteiger partial charge in [-0.15, -0.1) is 0 Å². The van der Waals surface area contributed by atoms with Gasteiger partial charge in [0.05, 0.1) is 10.6 Å². The Hall–Kier alpha value is -2.63. The molecule has 2 rings (SSSR count). The van der Waals surface area contributed by atoms with Gasteiger partial charge < -0.3 is 10.1 Å². The van der Waals surface area contributed by atoms with Gasteiger partial charge in [-0.05, 0) is 17.7 Å². The van der Waals surface area contributed by atoms with Gasteiger partial charge in [-0.25, -0.2) is 0 Å². The number of aromatic nitrogens is 1. The third kappa shape index (κ3) is 2.31. The van der Waals surface area contributed by atoms with Crippen molar-refractivity contribution in [2.24, 2.45) is 0 Å². The van der Waals surface area contributed by atoms with Crippen molar-refractivity contribution in [3.8, 4) is 17.0 Å². The molecule has 1 aromatic carbocycles. The number of hydrogen-bond acceptors (Lipinski definition) is 4. The highest BCUT2D eigenvalue weighted by atomic mass is 16.6. The van der Waals surface area contributed by atoms with E-state index in [0.717, 1.165) is 6.07 Å². The second kappa shape index (κ2) is 4.09. The van der Waals surface area contributed by atoms with Gasteiger partial charge in [0.15, 0.2) is 0 Å². The molecule has 1 aromatic heterocycles. The highest BCUT2D eigenvalue weighted by molar-refractivity contribution is 5.61. The molecule has 0 aliphatic carbocycles. The Morgan fingerprint density at radius 1 is 1.18 bits per heavy atom. The average molecular weight is 232 g/mol. The van der Waals surface area contributed by atoms with Gasteiger partial charge in [0, 0.05) is 24.3 Å². The van der Waals surface area contributed by atoms with Crippen molar-refractivity contribution in [2.75, 3.05) is 0 Å². The summed E-state index contributed by atoms with van der Waals surface area (Å²) in [5.41, 5.74) is 0.531. The molecule has 0 spiro atoms. The monoisotopic (exact) mass is 232 g/mol. The first kappa shape index (κ1) is 10.9. The third-order valence-corrected chi connectivity index (χ3v) is 2.22. The Kier molecular flexibility index (Phi) is 2.61. The summed E-state index contributed by atoms with van der Waals surface area (Å²) in [7, 11) is 0. The Morgan fingerprint density at radius 3 is 2.35 bits per heavy atom. The van der Waals surface area contributed by atoms with Crippen LogP contribution in [0.25, 0.3) is 11.3 Å². The predicted octanol–water partition coefficient (Wildman–Crippen LogP) is 1.66. The SMILES string of the molecule is O=c1cc(O)cc(-c2ccc([N+](=O)[O-])cc2)[nH]1. The van der Waals surface area contributed by atoms with Crippen LogP contribution < -0.4 is 5.56 Å². The van der Waals surface area contributed by atoms with Crippen LogP contribution in [0.1, 0.15) is 0 Å². The molecule has 0 saturated heterocycles. The van der Waals surface area contributed by atoms with Gasteiger partial charge in [-0.2, -0.15) is 0 Å². The summed E-state index contributed by atoms with van der Waals surface area (Å²) >= 11 is 0. The van der Waals surface area contributed by atoms with Crippen molar-refractivity contribution in [1.29, 1.82) is 0 Å². The van der Waals surface area contributed by atoms with Gasteiger partial charge >= 0.3 is 0 Å². The van der Waals surface area contributed by atoms with Crippen LogP contribution in [0.4, 0.5) is 5.69 Å². The van der Waals surface area contributed by atoms with Crippen LogP contribution in [0.2, 0.25) is 0 Å². The zero-order valence-electron chi connectivity index (χ0n) is 8.58. The lowest BCUT2D eigenvalue weighted by atomic mass is 10.1. The molecule has 0 atom stereocenters. The lowest BCUT2D eigenvalue weighted by Gasteiger charge is -2.01. The van der Waals surface area contributed by atoms with Gasteiger partial charge in [0.25, 0.3) is 11.2 Å². The molecule has 0 aliphatic rings. The standard InChI is InChI=1S/C11H8N2O4/c14-9-5-10(12-11(15)6-9)7-1-3-8(4-2-7)13(16)17/h1-6H,(H2,12,14,15). The topological polar surface area (TPSA) is 96.2 Å². The van der Waals surface area contributed by atoms with E-state index in [1.165, 1.54) is 30.3 Å². The molecule has 0 aliphatic heterocycles. The molecule has 0 bridgehead atoms. The molecule has 2 N–H and O–H groups in total. The van der Waals surface area contributed by atoms with Gasteiger partial charge in [-0.1, -0.05) is 0 Å². The number of rotatable bonds is 2. The predicted molar refractivity (Wildman–Crippen MR) is 60.8 cm³/mol. The summed E-state index contributed by atoms with van der Waals surface area (Å²) in [5, 5.41) is 19.7. The smallest absolute Gasteiger partial charge is 0.269 e. The number of aromatic amines is 1. The molecule has 0 fully saturated rings. The maximum Gasteiger partial charge on any atom is 0.269 e. The summed E-state index contributed by atoms with van der Waals surface area (Å²) in [4.78, 5) is 23.6. The Balaban J connectivity index is 2.46. The second-order valence-corrected chi connectivity index (χ2v) is 3.42. The quantitative estimate of drug-likeness (QED) is 0.607. The highest BCUT2D eigenvalue weighted by Gasteiger charge is 2.06. The molecule has 1 heterocycles. The van der Waals surface area contributed by atoms with Gasteiger partial charge in [-0.3, -0.25) is 14.9 Å². The molecule has 86 valence electrons. The van der Waals surface area contributed by atoms with Crippen molar-refractivity contribution >= 4 is 5.69 Å². The van der Waals surface area contributed by atoms with E-state index in [1.54, 1.807) is 0 Å². The average Bonchev–Trinajstić information content (AvgIpc) is 2.28. The third-order valence-electron chi connectivity index (χ3n) is 2.22. The Morgan fingerprint density at radius 2 is 1.82 bits per heavy atom. The van der Waals surface area contributed by atoms with Crippen LogP contribution in [-0.2, 0) is 0 Å². The summed E-state index contributed by atoms with van der Waals surface area (Å²) in [6, 6.07) is 8.10. The first-order valence-corrected chi connectivity index (χ1v) is 4.74. The fourth-order valence-corrected chi connectivity index (χ4v) is 1.45. The largest absolute Gasteiger partial charge is 0.508 e. The molecule has 17 heavy (non-hydrogen) atoms. The van der Waals surface area contributed by atoms with E-state index >= 15 is 0 Å². The van der Waals surface area contributed by atoms with Crippen molar-refractivity contribution in [2.45, 2.75) is 0 Å². The van der Waals surface area contributed by atoms with E-state index in [2.05, 4.69) is 4.98 Å². The van der Waals surface area contributed by atoms with Crippen LogP contribution in [0, 0.1) is 10.1 Å². The normalized spacial score (nSPS) is 10.1. The zero-order valence-corrected chi connectivity index (χ0v) is 8.58. The van der Waals surface area contributed by atoms with Crippen LogP contribution in [-0.4, -0.2) is 15.0 Å². The minimum atomic E-state index is -0.505. The van der Waals surface area contributed by atoms with E-state index in [-0.39, 0.29) is 11.4 Å². The fourth-order valence-electron chi connectivity index (χ4n) is 1.45. The number of hydrogen-bond donors (Lipinski definition) is 2. The molecular formula is C11H8N2O4. The van der Waals surface area contributed by atoms with E-state index < -0.39 is 10.5 Å². The Bertz CT molecular complexity index is 616. The van der Waals surface area contributed by atoms with E-state index in [1.807, 2.05) is 0 Å². The fraction of sp³-hybridized carbons (Fsp3) is 0. The molecular weight excluding hydrogens is 224 g/mol. The lowest BCUT2D eigenvalue weighted by molar-refractivity contribution is -0.384. The lowest BCUT2D eigenvalue weighted by Crippen LogP contribution is -2.04. The zero-order chi connectivity index (χ0) is 12.4. The minimum absolute atomic E-state index is 0.0312. The summed E-state index contributed by atoms with van der Waals surface area (Å²) in [6.45, 7) is 0. The maximum atomic E-state index is 11.1. The first-order chi connectivity index (χ1) is 8.06. The Labute approximate surface area is 95.3 Å². The number of nitrogens with one attached hydrogen (secondary N) is 1. The maximum absolute atomic E-state index is 11.1. The van der Waals surface area contributed by atoms with E-state index in [0.29, 0.717) is 11.3 Å². The van der Waals surface area contributed by atoms with E-state index in [9.17, 15) is 20.0 Å². The molecule has 0 radical (unpaired) electrons. The van der Waals surface area contributed by atoms with Crippen LogP contribution >= 0.6 is 0 Å². The van der Waals surface area contributed by atoms with Crippen molar-refractivity contribution < 1.29 is 10.0 Å². The van der Waals surface area contributed by atoms with Gasteiger partial charge in [0.1, 0.15) is 5.75 Å². The number of nitro benzene ring substituents is 1. The molecule has 0 unspecified atom stereocenters. The van der Waals surface area contributed by atoms with Gasteiger partial charge in [0.2, 0.25) is 0 Å². The van der Waals surface area contributed by atoms with Crippen LogP contribution in [0.5, 0.6) is 5.75 Å². The second-order valence-electron chi connectivity index (χ2n) is 3.42. The number of non-ortho nitro benzene ring substituents is 1. The molecule has 0 saturated carbocycles. The molecule has 6 nitrogen and oxygen atoms in total. The summed E-state index contributed by atoms with van der Waals surface area (Å²) in [6.07, 6.45) is 0. The van der Waals surface area contributed by atoms with Crippen molar-refractivity contribution in [3.63, 3.8) is 0 Å². The minimum Gasteiger partial charge on any atom is -0.508 e. The molecule has 2 aromatic rings.